The molecule has 1 aliphatic heterocycles. The average molecular weight is 457 g/mol. The lowest BCUT2D eigenvalue weighted by Crippen LogP contribution is -2.59. The first-order valence-corrected chi connectivity index (χ1v) is 12.4. The van der Waals surface area contributed by atoms with E-state index in [0.717, 1.165) is 24.0 Å². The number of ether oxygens (including phenoxy) is 4. The lowest BCUT2D eigenvalue weighted by molar-refractivity contribution is -0.313. The molecule has 0 saturated carbocycles. The highest BCUT2D eigenvalue weighted by Gasteiger charge is 2.45. The van der Waals surface area contributed by atoms with E-state index in [1.807, 2.05) is 67.6 Å². The molecule has 1 N–H and O–H groups in total. The Kier molecular flexibility index (Phi) is 11.4. The van der Waals surface area contributed by atoms with E-state index in [-0.39, 0.29) is 0 Å². The Morgan fingerprint density at radius 1 is 0.727 bits per heavy atom. The molecule has 3 rings (SSSR count). The zero-order valence-corrected chi connectivity index (χ0v) is 20.1. The molecule has 0 radical (unpaired) electrons. The predicted molar refractivity (Wildman–Crippen MR) is 130 cm³/mol. The van der Waals surface area contributed by atoms with Crippen LogP contribution in [-0.4, -0.2) is 42.4 Å². The van der Waals surface area contributed by atoms with Crippen molar-refractivity contribution in [1.82, 2.24) is 0 Å². The summed E-state index contributed by atoms with van der Waals surface area (Å²) in [4.78, 5) is 0. The number of rotatable bonds is 14. The summed E-state index contributed by atoms with van der Waals surface area (Å²) in [6, 6.07) is 20.0. The zero-order chi connectivity index (χ0) is 23.3. The minimum Gasteiger partial charge on any atom is -0.388 e. The molecular formula is C28H40O5. The van der Waals surface area contributed by atoms with Crippen LogP contribution in [0.25, 0.3) is 0 Å². The Morgan fingerprint density at radius 2 is 1.27 bits per heavy atom. The third-order valence-electron chi connectivity index (χ3n) is 6.11. The molecule has 1 saturated heterocycles. The molecule has 0 aliphatic carbocycles. The topological polar surface area (TPSA) is 57.2 Å². The van der Waals surface area contributed by atoms with Crippen molar-refractivity contribution in [2.75, 3.05) is 6.61 Å². The van der Waals surface area contributed by atoms with Gasteiger partial charge in [0.05, 0.1) is 19.3 Å². The quantitative estimate of drug-likeness (QED) is 0.373. The van der Waals surface area contributed by atoms with Gasteiger partial charge in [0, 0.05) is 6.61 Å². The summed E-state index contributed by atoms with van der Waals surface area (Å²) in [5.74, 6) is 0. The summed E-state index contributed by atoms with van der Waals surface area (Å²) in [6.45, 7) is 5.49. The van der Waals surface area contributed by atoms with Crippen molar-refractivity contribution in [3.8, 4) is 0 Å². The van der Waals surface area contributed by atoms with Gasteiger partial charge in [0.1, 0.15) is 18.3 Å². The third kappa shape index (κ3) is 8.51. The SMILES string of the molecule is CCCCCCCCOC1OC(C)[C@@H](O)[C@H](OCc2ccccc2)C1OCc1ccccc1. The number of hydrogen-bond donors (Lipinski definition) is 1. The normalized spacial score (nSPS) is 25.2. The molecule has 182 valence electrons. The summed E-state index contributed by atoms with van der Waals surface area (Å²) >= 11 is 0. The molecule has 3 unspecified atom stereocenters. The molecule has 1 heterocycles. The summed E-state index contributed by atoms with van der Waals surface area (Å²) in [5.41, 5.74) is 2.11. The highest BCUT2D eigenvalue weighted by Crippen LogP contribution is 2.28. The second-order valence-corrected chi connectivity index (χ2v) is 8.86. The van der Waals surface area contributed by atoms with E-state index in [9.17, 15) is 5.11 Å². The summed E-state index contributed by atoms with van der Waals surface area (Å²) in [5, 5.41) is 10.9. The van der Waals surface area contributed by atoms with Crippen LogP contribution in [0.5, 0.6) is 0 Å². The largest absolute Gasteiger partial charge is 0.388 e. The van der Waals surface area contributed by atoms with Gasteiger partial charge in [-0.3, -0.25) is 0 Å². The maximum Gasteiger partial charge on any atom is 0.186 e. The molecule has 2 aromatic rings. The molecule has 0 spiro atoms. The van der Waals surface area contributed by atoms with Crippen molar-refractivity contribution in [3.05, 3.63) is 71.8 Å². The van der Waals surface area contributed by atoms with Crippen molar-refractivity contribution < 1.29 is 24.1 Å². The van der Waals surface area contributed by atoms with Gasteiger partial charge in [-0.1, -0.05) is 99.7 Å². The highest BCUT2D eigenvalue weighted by atomic mass is 16.7. The molecule has 5 atom stereocenters. The molecule has 5 heteroatoms. The summed E-state index contributed by atoms with van der Waals surface area (Å²) < 4.78 is 24.7. The fourth-order valence-corrected chi connectivity index (χ4v) is 4.10. The van der Waals surface area contributed by atoms with Crippen LogP contribution in [0.15, 0.2) is 60.7 Å². The Labute approximate surface area is 199 Å². The average Bonchev–Trinajstić information content (AvgIpc) is 2.85. The first-order chi connectivity index (χ1) is 16.2. The van der Waals surface area contributed by atoms with Gasteiger partial charge >= 0.3 is 0 Å². The zero-order valence-electron chi connectivity index (χ0n) is 20.1. The van der Waals surface area contributed by atoms with Gasteiger partial charge in [0.25, 0.3) is 0 Å². The van der Waals surface area contributed by atoms with Crippen LogP contribution in [0, 0.1) is 0 Å². The summed E-state index contributed by atoms with van der Waals surface area (Å²) in [6.07, 6.45) is 4.31. The van der Waals surface area contributed by atoms with Gasteiger partial charge < -0.3 is 24.1 Å². The molecule has 1 fully saturated rings. The van der Waals surface area contributed by atoms with Crippen molar-refractivity contribution >= 4 is 0 Å². The second-order valence-electron chi connectivity index (χ2n) is 8.86. The van der Waals surface area contributed by atoms with Gasteiger partial charge in [-0.2, -0.15) is 0 Å². The van der Waals surface area contributed by atoms with Crippen LogP contribution in [0.2, 0.25) is 0 Å². The van der Waals surface area contributed by atoms with Gasteiger partial charge in [-0.15, -0.1) is 0 Å². The fraction of sp³-hybridized carbons (Fsp3) is 0.571. The lowest BCUT2D eigenvalue weighted by atomic mass is 9.99. The highest BCUT2D eigenvalue weighted by molar-refractivity contribution is 5.14. The third-order valence-corrected chi connectivity index (χ3v) is 6.11. The second kappa shape index (κ2) is 14.5. The number of benzene rings is 2. The molecular weight excluding hydrogens is 416 g/mol. The summed E-state index contributed by atoms with van der Waals surface area (Å²) in [7, 11) is 0. The van der Waals surface area contributed by atoms with Crippen LogP contribution in [-0.2, 0) is 32.2 Å². The maximum absolute atomic E-state index is 10.9. The molecule has 2 aromatic carbocycles. The Balaban J connectivity index is 1.62. The number of aliphatic hydroxyl groups excluding tert-OH is 1. The van der Waals surface area contributed by atoms with E-state index >= 15 is 0 Å². The smallest absolute Gasteiger partial charge is 0.186 e. The van der Waals surface area contributed by atoms with Gasteiger partial charge in [0.2, 0.25) is 0 Å². The van der Waals surface area contributed by atoms with E-state index in [1.165, 1.54) is 25.7 Å². The van der Waals surface area contributed by atoms with Crippen molar-refractivity contribution in [2.24, 2.45) is 0 Å². The molecule has 5 nitrogen and oxygen atoms in total. The molecule has 0 aromatic heterocycles. The number of aliphatic hydroxyl groups is 1. The standard InChI is InChI=1S/C28H40O5/c1-3-4-5-6-7-14-19-30-28-27(32-21-24-17-12-9-13-18-24)26(25(29)22(2)33-28)31-20-23-15-10-8-11-16-23/h8-13,15-18,22,25-29H,3-7,14,19-21H2,1-2H3/t22?,25-,26+,27?,28?/m1/s1. The first kappa shape index (κ1) is 25.9. The first-order valence-electron chi connectivity index (χ1n) is 12.4. The van der Waals surface area contributed by atoms with Crippen LogP contribution < -0.4 is 0 Å². The van der Waals surface area contributed by atoms with Crippen LogP contribution in [0.3, 0.4) is 0 Å². The van der Waals surface area contributed by atoms with E-state index in [0.29, 0.717) is 19.8 Å². The predicted octanol–water partition coefficient (Wildman–Crippen LogP) is 5.64. The monoisotopic (exact) mass is 456 g/mol. The van der Waals surface area contributed by atoms with Gasteiger partial charge in [0.15, 0.2) is 6.29 Å². The lowest BCUT2D eigenvalue weighted by Gasteiger charge is -2.43. The van der Waals surface area contributed by atoms with E-state index in [2.05, 4.69) is 6.92 Å². The Morgan fingerprint density at radius 3 is 1.88 bits per heavy atom. The number of unbranched alkanes of at least 4 members (excludes halogenated alkanes) is 5. The van der Waals surface area contributed by atoms with Crippen molar-refractivity contribution in [2.45, 2.75) is 96.3 Å². The van der Waals surface area contributed by atoms with E-state index in [1.54, 1.807) is 0 Å². The number of hydrogen-bond acceptors (Lipinski definition) is 5. The van der Waals surface area contributed by atoms with E-state index < -0.39 is 30.7 Å². The maximum atomic E-state index is 10.9. The molecule has 33 heavy (non-hydrogen) atoms. The van der Waals surface area contributed by atoms with Crippen molar-refractivity contribution in [1.29, 1.82) is 0 Å². The molecule has 0 amide bonds. The Hall–Kier alpha value is -1.76. The van der Waals surface area contributed by atoms with Crippen molar-refractivity contribution in [3.63, 3.8) is 0 Å². The minimum atomic E-state index is -0.802. The molecule has 1 aliphatic rings. The molecule has 0 bridgehead atoms. The minimum absolute atomic E-state index is 0.393. The van der Waals surface area contributed by atoms with E-state index in [4.69, 9.17) is 18.9 Å². The van der Waals surface area contributed by atoms with Gasteiger partial charge in [-0.05, 0) is 24.5 Å². The van der Waals surface area contributed by atoms with Crippen LogP contribution >= 0.6 is 0 Å². The fourth-order valence-electron chi connectivity index (χ4n) is 4.10. The van der Waals surface area contributed by atoms with Crippen LogP contribution in [0.4, 0.5) is 0 Å². The van der Waals surface area contributed by atoms with Gasteiger partial charge in [-0.25, -0.2) is 0 Å². The Bertz CT molecular complexity index is 753. The van der Waals surface area contributed by atoms with Crippen LogP contribution in [0.1, 0.15) is 63.5 Å².